The van der Waals surface area contributed by atoms with Crippen LogP contribution in [0.4, 0.5) is 18.9 Å². The number of aromatic nitrogens is 1. The third kappa shape index (κ3) is 3.78. The number of carbonyl (C=O) groups excluding carboxylic acids is 1. The molecule has 4 rings (SSSR count). The second kappa shape index (κ2) is 8.09. The molecule has 3 nitrogen and oxygen atoms in total. The van der Waals surface area contributed by atoms with E-state index >= 15 is 0 Å². The molecular weight excluding hydrogens is 389 g/mol. The largest absolute Gasteiger partial charge is 0.454 e. The van der Waals surface area contributed by atoms with E-state index in [0.717, 1.165) is 31.6 Å². The number of aryl methyl sites for hydroxylation is 1. The number of Topliss-reactive ketones (excluding diaryl/α,β-unsaturated/α-hetero) is 1. The number of para-hydroxylation sites is 1. The van der Waals surface area contributed by atoms with Gasteiger partial charge in [-0.15, -0.1) is 0 Å². The molecule has 2 aromatic carbocycles. The highest BCUT2D eigenvalue weighted by Crippen LogP contribution is 2.39. The second-order valence-corrected chi connectivity index (χ2v) is 7.71. The van der Waals surface area contributed by atoms with Gasteiger partial charge in [-0.05, 0) is 31.4 Å². The van der Waals surface area contributed by atoms with Crippen LogP contribution in [-0.2, 0) is 0 Å². The average Bonchev–Trinajstić information content (AvgIpc) is 3.01. The van der Waals surface area contributed by atoms with Gasteiger partial charge in [-0.25, -0.2) is 0 Å². The fraction of sp³-hybridized carbons (Fsp3) is 0.333. The molecule has 6 heteroatoms. The van der Waals surface area contributed by atoms with Crippen molar-refractivity contribution in [3.63, 3.8) is 0 Å². The summed E-state index contributed by atoms with van der Waals surface area (Å²) in [5.41, 5.74) is 2.18. The summed E-state index contributed by atoms with van der Waals surface area (Å²) in [7, 11) is 0. The van der Waals surface area contributed by atoms with Crippen LogP contribution in [0.3, 0.4) is 0 Å². The van der Waals surface area contributed by atoms with E-state index in [0.29, 0.717) is 22.0 Å². The number of carbonyl (C=O) groups is 1. The minimum Gasteiger partial charge on any atom is -0.370 e. The van der Waals surface area contributed by atoms with Gasteiger partial charge in [-0.1, -0.05) is 55.3 Å². The van der Waals surface area contributed by atoms with Crippen molar-refractivity contribution in [1.29, 1.82) is 0 Å². The first-order chi connectivity index (χ1) is 14.4. The SMILES string of the molecule is Cc1nc2c(N3CCCCCC3)cccc2c(-c2ccccc2)c1C(=O)C(F)(F)F. The third-order valence-electron chi connectivity index (χ3n) is 5.67. The monoisotopic (exact) mass is 412 g/mol. The zero-order valence-electron chi connectivity index (χ0n) is 16.8. The molecule has 1 aliphatic rings. The number of nitrogens with zero attached hydrogens (tertiary/aromatic N) is 2. The summed E-state index contributed by atoms with van der Waals surface area (Å²) in [5.74, 6) is -1.85. The molecular formula is C24H23F3N2O. The van der Waals surface area contributed by atoms with Crippen LogP contribution in [0.2, 0.25) is 0 Å². The highest BCUT2D eigenvalue weighted by molar-refractivity contribution is 6.14. The maximum atomic E-state index is 13.4. The van der Waals surface area contributed by atoms with Crippen LogP contribution < -0.4 is 4.90 Å². The Balaban J connectivity index is 2.02. The Bertz CT molecular complexity index is 1070. The number of hydrogen-bond acceptors (Lipinski definition) is 3. The minimum absolute atomic E-state index is 0.103. The molecule has 0 radical (unpaired) electrons. The molecule has 0 N–H and O–H groups in total. The summed E-state index contributed by atoms with van der Waals surface area (Å²) in [6.45, 7) is 3.28. The lowest BCUT2D eigenvalue weighted by atomic mass is 9.91. The Labute approximate surface area is 173 Å². The van der Waals surface area contributed by atoms with Crippen molar-refractivity contribution in [3.05, 3.63) is 59.8 Å². The van der Waals surface area contributed by atoms with Crippen LogP contribution in [0.5, 0.6) is 0 Å². The topological polar surface area (TPSA) is 33.2 Å². The van der Waals surface area contributed by atoms with Crippen molar-refractivity contribution in [3.8, 4) is 11.1 Å². The van der Waals surface area contributed by atoms with Crippen LogP contribution in [0, 0.1) is 6.92 Å². The van der Waals surface area contributed by atoms with Crippen molar-refractivity contribution in [2.24, 2.45) is 0 Å². The molecule has 1 fully saturated rings. The number of benzene rings is 2. The highest BCUT2D eigenvalue weighted by Gasteiger charge is 2.42. The summed E-state index contributed by atoms with van der Waals surface area (Å²) >= 11 is 0. The van der Waals surface area contributed by atoms with Crippen molar-refractivity contribution in [2.45, 2.75) is 38.8 Å². The summed E-state index contributed by atoms with van der Waals surface area (Å²) < 4.78 is 40.3. The maximum absolute atomic E-state index is 13.4. The Morgan fingerprint density at radius 2 is 1.60 bits per heavy atom. The summed E-state index contributed by atoms with van der Waals surface area (Å²) in [5, 5.41) is 0.571. The number of pyridine rings is 1. The van der Waals surface area contributed by atoms with E-state index in [1.807, 2.05) is 12.1 Å². The Kier molecular flexibility index (Phi) is 5.50. The molecule has 0 unspecified atom stereocenters. The van der Waals surface area contributed by atoms with E-state index < -0.39 is 12.0 Å². The number of fused-ring (bicyclic) bond motifs is 1. The minimum atomic E-state index is -4.97. The number of alkyl halides is 3. The number of rotatable bonds is 3. The van der Waals surface area contributed by atoms with Crippen LogP contribution in [0.15, 0.2) is 48.5 Å². The predicted molar refractivity (Wildman–Crippen MR) is 113 cm³/mol. The lowest BCUT2D eigenvalue weighted by molar-refractivity contribution is -0.0885. The van der Waals surface area contributed by atoms with Crippen LogP contribution >= 0.6 is 0 Å². The van der Waals surface area contributed by atoms with Crippen molar-refractivity contribution in [2.75, 3.05) is 18.0 Å². The summed E-state index contributed by atoms with van der Waals surface area (Å²) in [6.07, 6.45) is -0.469. The molecule has 1 aliphatic heterocycles. The van der Waals surface area contributed by atoms with Gasteiger partial charge in [0.15, 0.2) is 0 Å². The molecule has 0 atom stereocenters. The molecule has 2 heterocycles. The van der Waals surface area contributed by atoms with Gasteiger partial charge in [0.25, 0.3) is 5.78 Å². The molecule has 1 aromatic heterocycles. The third-order valence-corrected chi connectivity index (χ3v) is 5.67. The molecule has 1 saturated heterocycles. The van der Waals surface area contributed by atoms with E-state index in [1.54, 1.807) is 36.4 Å². The molecule has 0 spiro atoms. The van der Waals surface area contributed by atoms with E-state index in [1.165, 1.54) is 19.8 Å². The molecule has 30 heavy (non-hydrogen) atoms. The predicted octanol–water partition coefficient (Wildman–Crippen LogP) is 6.34. The van der Waals surface area contributed by atoms with E-state index in [2.05, 4.69) is 9.88 Å². The summed E-state index contributed by atoms with van der Waals surface area (Å²) in [6, 6.07) is 14.4. The maximum Gasteiger partial charge on any atom is 0.454 e. The number of hydrogen-bond donors (Lipinski definition) is 0. The van der Waals surface area contributed by atoms with Crippen LogP contribution in [0.25, 0.3) is 22.0 Å². The molecule has 156 valence electrons. The van der Waals surface area contributed by atoms with Gasteiger partial charge in [-0.3, -0.25) is 9.78 Å². The van der Waals surface area contributed by atoms with Crippen molar-refractivity contribution >= 4 is 22.4 Å². The molecule has 0 aliphatic carbocycles. The number of ketones is 1. The first-order valence-electron chi connectivity index (χ1n) is 10.2. The lowest BCUT2D eigenvalue weighted by Crippen LogP contribution is -2.26. The van der Waals surface area contributed by atoms with Crippen molar-refractivity contribution in [1.82, 2.24) is 4.98 Å². The van der Waals surface area contributed by atoms with E-state index in [4.69, 9.17) is 0 Å². The van der Waals surface area contributed by atoms with Gasteiger partial charge < -0.3 is 4.90 Å². The van der Waals surface area contributed by atoms with E-state index in [-0.39, 0.29) is 11.3 Å². The Morgan fingerprint density at radius 3 is 2.23 bits per heavy atom. The normalized spacial score (nSPS) is 15.3. The van der Waals surface area contributed by atoms with Gasteiger partial charge >= 0.3 is 6.18 Å². The number of anilines is 1. The molecule has 3 aromatic rings. The Hall–Kier alpha value is -2.89. The average molecular weight is 412 g/mol. The van der Waals surface area contributed by atoms with Crippen molar-refractivity contribution < 1.29 is 18.0 Å². The van der Waals surface area contributed by atoms with Gasteiger partial charge in [-0.2, -0.15) is 13.2 Å². The first kappa shape index (κ1) is 20.4. The highest BCUT2D eigenvalue weighted by atomic mass is 19.4. The van der Waals surface area contributed by atoms with Gasteiger partial charge in [0.05, 0.1) is 16.8 Å². The smallest absolute Gasteiger partial charge is 0.370 e. The first-order valence-corrected chi connectivity index (χ1v) is 10.2. The number of halogens is 3. The van der Waals surface area contributed by atoms with Gasteiger partial charge in [0.2, 0.25) is 0 Å². The summed E-state index contributed by atoms with van der Waals surface area (Å²) in [4.78, 5) is 19.2. The zero-order valence-corrected chi connectivity index (χ0v) is 16.8. The molecule has 0 bridgehead atoms. The Morgan fingerprint density at radius 1 is 0.933 bits per heavy atom. The van der Waals surface area contributed by atoms with Crippen LogP contribution in [-0.4, -0.2) is 30.0 Å². The molecule has 0 saturated carbocycles. The van der Waals surface area contributed by atoms with E-state index in [9.17, 15) is 18.0 Å². The second-order valence-electron chi connectivity index (χ2n) is 7.71. The quantitative estimate of drug-likeness (QED) is 0.471. The van der Waals surface area contributed by atoms with Gasteiger partial charge in [0, 0.05) is 29.7 Å². The zero-order chi connectivity index (χ0) is 21.3. The van der Waals surface area contributed by atoms with Crippen LogP contribution in [0.1, 0.15) is 41.7 Å². The molecule has 0 amide bonds. The lowest BCUT2D eigenvalue weighted by Gasteiger charge is -2.25. The fourth-order valence-corrected chi connectivity index (χ4v) is 4.28. The fourth-order valence-electron chi connectivity index (χ4n) is 4.28. The standard InChI is InChI=1S/C24H23F3N2O/c1-16-20(23(30)24(25,26)27)21(17-10-5-4-6-11-17)18-12-9-13-19(22(18)28-16)29-14-7-2-3-8-15-29/h4-6,9-13H,2-3,7-8,14-15H2,1H3. The van der Waals surface area contributed by atoms with Gasteiger partial charge in [0.1, 0.15) is 0 Å².